The Morgan fingerprint density at radius 3 is 2.46 bits per heavy atom. The summed E-state index contributed by atoms with van der Waals surface area (Å²) in [6.07, 6.45) is -0.221. The number of fused-ring (bicyclic) bond motifs is 3. The van der Waals surface area contributed by atoms with Gasteiger partial charge < -0.3 is 24.6 Å². The molecule has 1 aliphatic carbocycles. The van der Waals surface area contributed by atoms with Crippen molar-refractivity contribution >= 4 is 5.91 Å². The van der Waals surface area contributed by atoms with Gasteiger partial charge in [0.25, 0.3) is 0 Å². The number of aromatic nitrogens is 1. The fourth-order valence-electron chi connectivity index (χ4n) is 5.63. The Kier molecular flexibility index (Phi) is 5.28. The normalized spacial score (nSPS) is 28.4. The Bertz CT molecular complexity index is 1320. The van der Waals surface area contributed by atoms with E-state index in [-0.39, 0.29) is 22.9 Å². The summed E-state index contributed by atoms with van der Waals surface area (Å²) in [5.74, 6) is -1.37. The second kappa shape index (κ2) is 8.08. The minimum absolute atomic E-state index is 0.0924. The lowest BCUT2D eigenvalue weighted by Gasteiger charge is -2.40. The van der Waals surface area contributed by atoms with E-state index in [9.17, 15) is 20.3 Å². The molecule has 5 unspecified atom stereocenters. The molecule has 1 amide bonds. The third-order valence-electron chi connectivity index (χ3n) is 7.15. The molecule has 0 bridgehead atoms. The number of methoxy groups -OCH3 is 1. The Balaban J connectivity index is 1.85. The molecule has 0 spiro atoms. The maximum Gasteiger partial charge on any atom is 0.228 e. The smallest absolute Gasteiger partial charge is 0.228 e. The monoisotopic (exact) mass is 471 g/mol. The Labute approximate surface area is 203 Å². The number of benzene rings is 2. The van der Waals surface area contributed by atoms with Gasteiger partial charge in [0.15, 0.2) is 11.2 Å². The lowest BCUT2D eigenvalue weighted by atomic mass is 9.71. The van der Waals surface area contributed by atoms with Gasteiger partial charge in [-0.15, -0.1) is 0 Å². The molecule has 8 nitrogen and oxygen atoms in total. The number of aliphatic hydroxyl groups is 2. The summed E-state index contributed by atoms with van der Waals surface area (Å²) in [5, 5.41) is 33.6. The molecule has 2 heterocycles. The van der Waals surface area contributed by atoms with Crippen molar-refractivity contribution in [2.24, 2.45) is 5.92 Å². The molecule has 2 N–H and O–H groups in total. The van der Waals surface area contributed by atoms with Crippen LogP contribution >= 0.6 is 0 Å². The van der Waals surface area contributed by atoms with Crippen LogP contribution in [0, 0.1) is 17.2 Å². The summed E-state index contributed by atoms with van der Waals surface area (Å²) in [4.78, 5) is 19.3. The van der Waals surface area contributed by atoms with E-state index in [1.807, 2.05) is 36.4 Å². The van der Waals surface area contributed by atoms with E-state index >= 15 is 0 Å². The van der Waals surface area contributed by atoms with E-state index in [0.717, 1.165) is 0 Å². The van der Waals surface area contributed by atoms with Crippen LogP contribution in [0.1, 0.15) is 28.3 Å². The van der Waals surface area contributed by atoms with Gasteiger partial charge >= 0.3 is 0 Å². The molecule has 0 saturated heterocycles. The zero-order valence-corrected chi connectivity index (χ0v) is 19.5. The first kappa shape index (κ1) is 22.8. The van der Waals surface area contributed by atoms with Crippen molar-refractivity contribution in [1.29, 1.82) is 5.26 Å². The van der Waals surface area contributed by atoms with E-state index in [4.69, 9.17) is 9.47 Å². The van der Waals surface area contributed by atoms with Crippen molar-refractivity contribution in [3.05, 3.63) is 89.2 Å². The SMILES string of the molecule is COc1ccc(C23Oc4cc(C#N)cnc4C2(O)C(O)C(C(=O)N(C)C)C3c2ccccc2)cc1. The topological polar surface area (TPSA) is 116 Å². The van der Waals surface area contributed by atoms with Gasteiger partial charge in [-0.2, -0.15) is 5.26 Å². The third kappa shape index (κ3) is 2.99. The molecule has 5 rings (SSSR count). The quantitative estimate of drug-likeness (QED) is 0.600. The molecule has 1 saturated carbocycles. The van der Waals surface area contributed by atoms with Crippen LogP contribution in [0.15, 0.2) is 66.9 Å². The number of hydrogen-bond acceptors (Lipinski definition) is 7. The molecule has 1 aromatic heterocycles. The van der Waals surface area contributed by atoms with Crippen LogP contribution in [0.25, 0.3) is 0 Å². The molecule has 2 aliphatic rings. The first-order chi connectivity index (χ1) is 16.8. The van der Waals surface area contributed by atoms with Gasteiger partial charge in [-0.05, 0) is 23.3 Å². The molecule has 1 fully saturated rings. The average molecular weight is 472 g/mol. The number of hydrogen-bond donors (Lipinski definition) is 2. The molecule has 8 heteroatoms. The molecule has 178 valence electrons. The highest BCUT2D eigenvalue weighted by atomic mass is 16.5. The van der Waals surface area contributed by atoms with Gasteiger partial charge in [-0.1, -0.05) is 42.5 Å². The number of aliphatic hydroxyl groups excluding tert-OH is 1. The molecule has 3 aromatic rings. The largest absolute Gasteiger partial charge is 0.497 e. The molecule has 0 radical (unpaired) electrons. The lowest BCUT2D eigenvalue weighted by Crippen LogP contribution is -2.52. The molecule has 1 aliphatic heterocycles. The fraction of sp³-hybridized carbons (Fsp3) is 0.296. The first-order valence-corrected chi connectivity index (χ1v) is 11.2. The van der Waals surface area contributed by atoms with Gasteiger partial charge in [0.05, 0.1) is 18.6 Å². The van der Waals surface area contributed by atoms with Gasteiger partial charge in [0.2, 0.25) is 5.91 Å². The summed E-state index contributed by atoms with van der Waals surface area (Å²) < 4.78 is 11.9. The van der Waals surface area contributed by atoms with Crippen LogP contribution < -0.4 is 9.47 Å². The van der Waals surface area contributed by atoms with E-state index < -0.39 is 29.1 Å². The molecular weight excluding hydrogens is 446 g/mol. The zero-order chi connectivity index (χ0) is 25.0. The van der Waals surface area contributed by atoms with Crippen molar-refractivity contribution in [2.75, 3.05) is 21.2 Å². The number of carbonyl (C=O) groups is 1. The predicted octanol–water partition coefficient (Wildman–Crippen LogP) is 2.30. The average Bonchev–Trinajstić information content (AvgIpc) is 3.26. The predicted molar refractivity (Wildman–Crippen MR) is 126 cm³/mol. The standard InChI is InChI=1S/C27H25N3O5/c1-30(2)25(32)21-22(17-7-5-4-6-8-17)27(18-9-11-19(34-3)12-10-18)26(33,24(21)31)23-20(35-27)13-16(14-28)15-29-23/h4-13,15,21-22,24,31,33H,1-3H3. The summed E-state index contributed by atoms with van der Waals surface area (Å²) in [6, 6.07) is 19.8. The van der Waals surface area contributed by atoms with Crippen molar-refractivity contribution in [3.63, 3.8) is 0 Å². The number of nitrogens with zero attached hydrogens (tertiary/aromatic N) is 3. The van der Waals surface area contributed by atoms with Crippen molar-refractivity contribution in [2.45, 2.75) is 23.2 Å². The van der Waals surface area contributed by atoms with E-state index in [1.54, 1.807) is 45.5 Å². The molecule has 35 heavy (non-hydrogen) atoms. The Hall–Kier alpha value is -3.93. The van der Waals surface area contributed by atoms with Gasteiger partial charge in [0.1, 0.15) is 29.4 Å². The van der Waals surface area contributed by atoms with Gasteiger partial charge in [-0.25, -0.2) is 0 Å². The highest BCUT2D eigenvalue weighted by molar-refractivity contribution is 5.82. The van der Waals surface area contributed by atoms with Crippen molar-refractivity contribution in [3.8, 4) is 17.6 Å². The van der Waals surface area contributed by atoms with Crippen LogP contribution in [-0.4, -0.2) is 53.3 Å². The third-order valence-corrected chi connectivity index (χ3v) is 7.15. The zero-order valence-electron chi connectivity index (χ0n) is 19.5. The summed E-state index contributed by atoms with van der Waals surface area (Å²) in [6.45, 7) is 0. The molecule has 2 aromatic carbocycles. The van der Waals surface area contributed by atoms with E-state index in [0.29, 0.717) is 16.9 Å². The second-order valence-corrected chi connectivity index (χ2v) is 9.11. The second-order valence-electron chi connectivity index (χ2n) is 9.11. The van der Waals surface area contributed by atoms with Crippen molar-refractivity contribution in [1.82, 2.24) is 9.88 Å². The van der Waals surface area contributed by atoms with Crippen LogP contribution in [-0.2, 0) is 16.0 Å². The van der Waals surface area contributed by atoms with Crippen LogP contribution in [0.2, 0.25) is 0 Å². The minimum atomic E-state index is -2.08. The van der Waals surface area contributed by atoms with Crippen LogP contribution in [0.3, 0.4) is 0 Å². The highest BCUT2D eigenvalue weighted by Crippen LogP contribution is 2.68. The summed E-state index contributed by atoms with van der Waals surface area (Å²) in [7, 11) is 4.78. The number of amides is 1. The van der Waals surface area contributed by atoms with Crippen LogP contribution in [0.4, 0.5) is 0 Å². The highest BCUT2D eigenvalue weighted by Gasteiger charge is 2.78. The molecule has 5 atom stereocenters. The molecular formula is C27H25N3O5. The van der Waals surface area contributed by atoms with E-state index in [2.05, 4.69) is 4.98 Å². The number of pyridine rings is 1. The number of rotatable bonds is 4. The fourth-order valence-corrected chi connectivity index (χ4v) is 5.63. The Morgan fingerprint density at radius 2 is 1.86 bits per heavy atom. The van der Waals surface area contributed by atoms with Crippen LogP contribution in [0.5, 0.6) is 11.5 Å². The first-order valence-electron chi connectivity index (χ1n) is 11.2. The van der Waals surface area contributed by atoms with Gasteiger partial charge in [0, 0.05) is 32.3 Å². The number of carbonyl (C=O) groups excluding carboxylic acids is 1. The van der Waals surface area contributed by atoms with E-state index in [1.165, 1.54) is 17.2 Å². The summed E-state index contributed by atoms with van der Waals surface area (Å²) in [5.41, 5.74) is -2.09. The van der Waals surface area contributed by atoms with Crippen molar-refractivity contribution < 1.29 is 24.5 Å². The minimum Gasteiger partial charge on any atom is -0.497 e. The Morgan fingerprint density at radius 1 is 1.17 bits per heavy atom. The number of nitriles is 1. The lowest BCUT2D eigenvalue weighted by molar-refractivity contribution is -0.157. The van der Waals surface area contributed by atoms with Gasteiger partial charge in [-0.3, -0.25) is 9.78 Å². The summed E-state index contributed by atoms with van der Waals surface area (Å²) >= 11 is 0. The maximum absolute atomic E-state index is 13.5. The number of ether oxygens (including phenoxy) is 2. The maximum atomic E-state index is 13.5.